The highest BCUT2D eigenvalue weighted by molar-refractivity contribution is 7.90. The van der Waals surface area contributed by atoms with Crippen LogP contribution < -0.4 is 35.6 Å². The van der Waals surface area contributed by atoms with Crippen molar-refractivity contribution in [1.29, 1.82) is 0 Å². The van der Waals surface area contributed by atoms with Crippen molar-refractivity contribution >= 4 is 56.0 Å². The second-order valence-corrected chi connectivity index (χ2v) is 22.1. The van der Waals surface area contributed by atoms with Gasteiger partial charge in [-0.1, -0.05) is 20.4 Å². The largest absolute Gasteiger partial charge is 0.573 e. The summed E-state index contributed by atoms with van der Waals surface area (Å²) in [5.41, 5.74) is 6.08. The molecule has 0 saturated carbocycles. The van der Waals surface area contributed by atoms with E-state index in [1.165, 1.54) is 28.0 Å². The molecule has 2 aromatic carbocycles. The highest BCUT2D eigenvalue weighted by Gasteiger charge is 2.39. The minimum Gasteiger partial charge on any atom is -0.404 e. The smallest absolute Gasteiger partial charge is 0.404 e. The van der Waals surface area contributed by atoms with Gasteiger partial charge in [-0.2, -0.15) is 0 Å². The average Bonchev–Trinajstić information content (AvgIpc) is 3.81. The third kappa shape index (κ3) is 9.93. The van der Waals surface area contributed by atoms with E-state index in [0.717, 1.165) is 36.9 Å². The minimum atomic E-state index is -5.07. The van der Waals surface area contributed by atoms with Crippen molar-refractivity contribution in [2.45, 2.75) is 95.9 Å². The van der Waals surface area contributed by atoms with E-state index in [1.54, 1.807) is 42.5 Å². The fourth-order valence-electron chi connectivity index (χ4n) is 11.0. The van der Waals surface area contributed by atoms with Crippen LogP contribution in [0.25, 0.3) is 11.3 Å². The van der Waals surface area contributed by atoms with Gasteiger partial charge >= 0.3 is 6.36 Å². The highest BCUT2D eigenvalue weighted by atomic mass is 32.2. The summed E-state index contributed by atoms with van der Waals surface area (Å²) in [6.07, 6.45) is 3.30. The number of halogens is 3. The molecule has 21 heteroatoms. The first-order chi connectivity index (χ1) is 34.0. The molecule has 3 atom stereocenters. The van der Waals surface area contributed by atoms with E-state index in [0.29, 0.717) is 97.5 Å². The molecule has 17 nitrogen and oxygen atoms in total. The third-order valence-corrected chi connectivity index (χ3v) is 15.5. The zero-order valence-electron chi connectivity index (χ0n) is 41.1. The lowest BCUT2D eigenvalue weighted by molar-refractivity contribution is -0.275. The number of nitrogens with zero attached hydrogens (tertiary/aromatic N) is 8. The van der Waals surface area contributed by atoms with E-state index >= 15 is 0 Å². The zero-order chi connectivity index (χ0) is 51.6. The molecule has 1 unspecified atom stereocenters. The first-order valence-corrected chi connectivity index (χ1v) is 25.8. The van der Waals surface area contributed by atoms with Crippen LogP contribution in [0.4, 0.5) is 47.6 Å². The molecular formula is C51H59F3N10O7S. The maximum absolute atomic E-state index is 14.1. The molecule has 2 fully saturated rings. The number of piperidine rings is 1. The van der Waals surface area contributed by atoms with Crippen molar-refractivity contribution in [3.8, 4) is 17.0 Å². The Hall–Kier alpha value is -6.71. The molecular weight excluding hydrogens is 954 g/mol. The number of aromatic nitrogens is 4. The Morgan fingerprint density at radius 1 is 1.00 bits per heavy atom. The monoisotopic (exact) mass is 1010 g/mol. The predicted octanol–water partition coefficient (Wildman–Crippen LogP) is 6.66. The van der Waals surface area contributed by atoms with Gasteiger partial charge in [0, 0.05) is 117 Å². The summed E-state index contributed by atoms with van der Waals surface area (Å²) in [7, 11) is -2.39. The van der Waals surface area contributed by atoms with Crippen molar-refractivity contribution in [1.82, 2.24) is 24.0 Å². The van der Waals surface area contributed by atoms with Crippen LogP contribution in [0.3, 0.4) is 0 Å². The Morgan fingerprint density at radius 2 is 1.78 bits per heavy atom. The topological polar surface area (TPSA) is 187 Å². The number of aryl methyl sites for hydroxylation is 1. The molecule has 4 aliphatic rings. The number of anilines is 6. The third-order valence-electron chi connectivity index (χ3n) is 14.3. The number of fused-ring (bicyclic) bond motifs is 3. The second kappa shape index (κ2) is 19.0. The number of pyridine rings is 1. The predicted molar refractivity (Wildman–Crippen MR) is 269 cm³/mol. The fraction of sp³-hybridized carbons (Fsp3) is 0.431. The van der Waals surface area contributed by atoms with E-state index in [-0.39, 0.29) is 35.3 Å². The first-order valence-electron chi connectivity index (χ1n) is 23.9. The van der Waals surface area contributed by atoms with Crippen LogP contribution in [0.15, 0.2) is 83.3 Å². The molecule has 2 amide bonds. The van der Waals surface area contributed by atoms with E-state index in [4.69, 9.17) is 4.98 Å². The molecule has 5 aromatic rings. The number of benzene rings is 2. The Bertz CT molecular complexity index is 3150. The lowest BCUT2D eigenvalue weighted by Crippen LogP contribution is -2.58. The molecule has 1 aliphatic carbocycles. The number of sulfone groups is 1. The van der Waals surface area contributed by atoms with E-state index in [9.17, 15) is 41.1 Å². The minimum absolute atomic E-state index is 0.0152. The van der Waals surface area contributed by atoms with Gasteiger partial charge in [0.2, 0.25) is 5.91 Å². The molecule has 3 aromatic heterocycles. The van der Waals surface area contributed by atoms with E-state index < -0.39 is 44.9 Å². The van der Waals surface area contributed by atoms with Crippen LogP contribution in [-0.4, -0.2) is 113 Å². The molecule has 2 saturated heterocycles. The summed E-state index contributed by atoms with van der Waals surface area (Å²) in [4.78, 5) is 57.6. The SMILES string of the molecule is C=CC(=O)Nc1cc(Nc2nc(-c3ccnc(N4CCn5c(cc6c5CC(C)(C)C6)C4=O)c3CO)cn(C)c2=O)ccc1N1CCN(C2CCN(c3ccc(S(C)(=O)=O)c(OC(F)(F)F)c3)[C@H](C)C2)C[C@@H]1C. The molecule has 382 valence electrons. The fourth-order valence-corrected chi connectivity index (χ4v) is 11.8. The summed E-state index contributed by atoms with van der Waals surface area (Å²) >= 11 is 0. The zero-order valence-corrected chi connectivity index (χ0v) is 41.9. The molecule has 3 N–H and O–H groups in total. The number of aliphatic hydroxyl groups excluding tert-OH is 1. The van der Waals surface area contributed by atoms with Crippen molar-refractivity contribution < 1.29 is 41.0 Å². The van der Waals surface area contributed by atoms with Crippen molar-refractivity contribution in [2.75, 3.05) is 64.3 Å². The molecule has 6 heterocycles. The van der Waals surface area contributed by atoms with Crippen LogP contribution in [0.1, 0.15) is 67.8 Å². The number of carbonyl (C=O) groups excluding carboxylic acids is 2. The average molecular weight is 1010 g/mol. The molecule has 9 rings (SSSR count). The van der Waals surface area contributed by atoms with Gasteiger partial charge in [-0.05, 0) is 99.0 Å². The lowest BCUT2D eigenvalue weighted by atomic mass is 9.90. The highest BCUT2D eigenvalue weighted by Crippen LogP contribution is 2.41. The number of rotatable bonds is 12. The maximum Gasteiger partial charge on any atom is 0.573 e. The first kappa shape index (κ1) is 50.2. The normalized spacial score (nSPS) is 20.3. The molecule has 0 spiro atoms. The van der Waals surface area contributed by atoms with Gasteiger partial charge in [-0.15, -0.1) is 13.2 Å². The number of aliphatic hydroxyl groups is 1. The van der Waals surface area contributed by atoms with Gasteiger partial charge < -0.3 is 39.4 Å². The molecule has 72 heavy (non-hydrogen) atoms. The maximum atomic E-state index is 14.1. The Balaban J connectivity index is 0.911. The van der Waals surface area contributed by atoms with Gasteiger partial charge in [0.15, 0.2) is 15.7 Å². The molecule has 0 radical (unpaired) electrons. The van der Waals surface area contributed by atoms with Gasteiger partial charge in [-0.3, -0.25) is 24.2 Å². The van der Waals surface area contributed by atoms with Gasteiger partial charge in [0.25, 0.3) is 11.5 Å². The molecule has 3 aliphatic heterocycles. The van der Waals surface area contributed by atoms with Gasteiger partial charge in [0.05, 0.1) is 23.7 Å². The van der Waals surface area contributed by atoms with Crippen LogP contribution in [-0.2, 0) is 47.7 Å². The summed E-state index contributed by atoms with van der Waals surface area (Å²) < 4.78 is 72.1. The quantitative estimate of drug-likeness (QED) is 0.113. The van der Waals surface area contributed by atoms with Gasteiger partial charge in [0.1, 0.15) is 22.2 Å². The summed E-state index contributed by atoms with van der Waals surface area (Å²) in [5, 5.41) is 16.9. The number of piperazine rings is 1. The second-order valence-electron chi connectivity index (χ2n) is 20.1. The Labute approximate surface area is 415 Å². The van der Waals surface area contributed by atoms with Crippen molar-refractivity contribution in [2.24, 2.45) is 12.5 Å². The number of alkyl halides is 3. The van der Waals surface area contributed by atoms with Gasteiger partial charge in [-0.25, -0.2) is 18.4 Å². The number of nitrogens with one attached hydrogen (secondary N) is 2. The van der Waals surface area contributed by atoms with E-state index in [2.05, 4.69) is 62.1 Å². The van der Waals surface area contributed by atoms with Crippen molar-refractivity contribution in [3.05, 3.63) is 106 Å². The van der Waals surface area contributed by atoms with Crippen LogP contribution in [0, 0.1) is 5.41 Å². The number of amides is 2. The summed E-state index contributed by atoms with van der Waals surface area (Å²) in [6, 6.07) is 13.0. The van der Waals surface area contributed by atoms with Crippen LogP contribution in [0.5, 0.6) is 5.75 Å². The van der Waals surface area contributed by atoms with E-state index in [1.807, 2.05) is 24.0 Å². The number of carbonyl (C=O) groups is 2. The number of hydrogen-bond donors (Lipinski definition) is 3. The lowest BCUT2D eigenvalue weighted by Gasteiger charge is -2.48. The van der Waals surface area contributed by atoms with Crippen LogP contribution >= 0.6 is 0 Å². The standard InChI is InChI=1S/C51H59F3N10O7S/c1-8-45(66)57-38-23-33(9-11-40(38)62-18-17-60(27-31(62)3)34-14-16-61(30(2)21-34)35-10-12-44(72(7,69)70)43(24-35)71-51(52,53)54)56-46-49(68)59(6)28-39(58-46)36-13-15-55-47(37(36)29-65)64-20-19-63-41(48(64)67)22-32-25-50(4,5)26-42(32)63/h8-13,15,22-24,28,30-31,34,65H,1,14,16-21,25-27,29H2,2-7H3,(H,56,58)(H,57,66)/t30-,31+,34?/m1/s1. The Kier molecular flexibility index (Phi) is 13.3. The Morgan fingerprint density at radius 3 is 2.47 bits per heavy atom. The summed E-state index contributed by atoms with van der Waals surface area (Å²) in [5.74, 6) is -1.08. The summed E-state index contributed by atoms with van der Waals surface area (Å²) in [6.45, 7) is 15.2. The molecule has 0 bridgehead atoms. The van der Waals surface area contributed by atoms with Crippen LogP contribution in [0.2, 0.25) is 0 Å². The van der Waals surface area contributed by atoms with Crippen molar-refractivity contribution in [3.63, 3.8) is 0 Å². The number of hydrogen-bond acceptors (Lipinski definition) is 13. The number of ether oxygens (including phenoxy) is 1.